The van der Waals surface area contributed by atoms with Crippen LogP contribution in [0.2, 0.25) is 0 Å². The van der Waals surface area contributed by atoms with E-state index in [0.29, 0.717) is 0 Å². The van der Waals surface area contributed by atoms with Gasteiger partial charge in [-0.3, -0.25) is 4.79 Å². The zero-order valence-electron chi connectivity index (χ0n) is 8.42. The summed E-state index contributed by atoms with van der Waals surface area (Å²) in [6, 6.07) is 8.53. The predicted octanol–water partition coefficient (Wildman–Crippen LogP) is 1.54. The van der Waals surface area contributed by atoms with Crippen molar-refractivity contribution in [2.75, 3.05) is 11.9 Å². The van der Waals surface area contributed by atoms with E-state index in [1.165, 1.54) is 31.0 Å². The van der Waals surface area contributed by atoms with Crippen molar-refractivity contribution in [2.45, 2.75) is 19.8 Å². The summed E-state index contributed by atoms with van der Waals surface area (Å²) in [7, 11) is 0. The Morgan fingerprint density at radius 1 is 1.43 bits per heavy atom. The summed E-state index contributed by atoms with van der Waals surface area (Å²) >= 11 is 0. The smallest absolute Gasteiger partial charge is 0.214 e. The molecule has 1 aromatic carbocycles. The number of hydrogen-bond acceptors (Lipinski definition) is 2. The Morgan fingerprint density at radius 3 is 2.71 bits per heavy atom. The lowest BCUT2D eigenvalue weighted by Gasteiger charge is -2.16. The number of carbonyl (C=O) groups excluding carboxylic acids is 1. The molecule has 3 nitrogen and oxygen atoms in total. The Kier molecular flexibility index (Phi) is 3.98. The van der Waals surface area contributed by atoms with E-state index in [1.54, 1.807) is 0 Å². The second kappa shape index (κ2) is 5.27. The van der Waals surface area contributed by atoms with Gasteiger partial charge in [0.05, 0.1) is 0 Å². The highest BCUT2D eigenvalue weighted by Gasteiger charge is 2.04. The molecule has 0 unspecified atom stereocenters. The number of amides is 1. The van der Waals surface area contributed by atoms with Gasteiger partial charge in [-0.25, -0.2) is 0 Å². The molecule has 1 amide bonds. The molecular weight excluding hydrogens is 176 g/mol. The summed E-state index contributed by atoms with van der Waals surface area (Å²) < 4.78 is 0. The zero-order chi connectivity index (χ0) is 10.4. The number of primary amides is 1. The van der Waals surface area contributed by atoms with Crippen LogP contribution < -0.4 is 11.1 Å². The van der Waals surface area contributed by atoms with Crippen molar-refractivity contribution in [1.82, 2.24) is 0 Å². The molecule has 0 aliphatic carbocycles. The first-order valence-corrected chi connectivity index (χ1v) is 4.78. The predicted molar refractivity (Wildman–Crippen MR) is 58.1 cm³/mol. The lowest BCUT2D eigenvalue weighted by atomic mass is 10.0. The highest BCUT2D eigenvalue weighted by Crippen LogP contribution is 2.19. The molecule has 0 saturated heterocycles. The Morgan fingerprint density at radius 2 is 2.07 bits per heavy atom. The minimum atomic E-state index is -0.333. The largest absolute Gasteiger partial charge is 0.385 e. The molecule has 0 spiro atoms. The van der Waals surface area contributed by atoms with Gasteiger partial charge in [-0.05, 0) is 24.5 Å². The standard InChI is InChI=1S/C9H11N.C2H5NO/c1-2-6-9-8(4-1)5-3-7-10-9;1-2(3)4/h1-2,4,6,10H,3,5,7H2;1H3,(H2,3,4). The number of anilines is 1. The highest BCUT2D eigenvalue weighted by atomic mass is 16.1. The van der Waals surface area contributed by atoms with Gasteiger partial charge in [0.25, 0.3) is 0 Å². The summed E-state index contributed by atoms with van der Waals surface area (Å²) in [6.07, 6.45) is 2.51. The molecule has 2 rings (SSSR count). The van der Waals surface area contributed by atoms with E-state index in [9.17, 15) is 4.79 Å². The summed E-state index contributed by atoms with van der Waals surface area (Å²) in [5.74, 6) is -0.333. The molecule has 1 aromatic rings. The van der Waals surface area contributed by atoms with Crippen molar-refractivity contribution in [3.05, 3.63) is 29.8 Å². The Hall–Kier alpha value is -1.51. The molecule has 3 N–H and O–H groups in total. The third-order valence-corrected chi connectivity index (χ3v) is 1.96. The van der Waals surface area contributed by atoms with E-state index in [-0.39, 0.29) is 5.91 Å². The van der Waals surface area contributed by atoms with E-state index in [2.05, 4.69) is 35.3 Å². The van der Waals surface area contributed by atoms with Crippen molar-refractivity contribution < 1.29 is 4.79 Å². The summed E-state index contributed by atoms with van der Waals surface area (Å²) in [5.41, 5.74) is 7.27. The van der Waals surface area contributed by atoms with E-state index in [4.69, 9.17) is 0 Å². The van der Waals surface area contributed by atoms with Gasteiger partial charge in [-0.2, -0.15) is 0 Å². The van der Waals surface area contributed by atoms with Gasteiger partial charge in [0, 0.05) is 19.2 Å². The van der Waals surface area contributed by atoms with Crippen molar-refractivity contribution in [3.8, 4) is 0 Å². The van der Waals surface area contributed by atoms with Crippen LogP contribution in [0.1, 0.15) is 18.9 Å². The van der Waals surface area contributed by atoms with Crippen LogP contribution in [-0.4, -0.2) is 12.5 Å². The number of benzene rings is 1. The molecule has 0 atom stereocenters. The molecule has 76 valence electrons. The third-order valence-electron chi connectivity index (χ3n) is 1.96. The minimum absolute atomic E-state index is 0.333. The van der Waals surface area contributed by atoms with E-state index in [0.717, 1.165) is 6.54 Å². The van der Waals surface area contributed by atoms with E-state index >= 15 is 0 Å². The number of para-hydroxylation sites is 1. The van der Waals surface area contributed by atoms with Gasteiger partial charge in [0.15, 0.2) is 0 Å². The number of rotatable bonds is 0. The number of nitrogens with one attached hydrogen (secondary N) is 1. The minimum Gasteiger partial charge on any atom is -0.385 e. The van der Waals surface area contributed by atoms with Crippen molar-refractivity contribution in [2.24, 2.45) is 5.73 Å². The lowest BCUT2D eigenvalue weighted by Crippen LogP contribution is -2.10. The molecule has 3 heteroatoms. The maximum Gasteiger partial charge on any atom is 0.214 e. The molecule has 0 radical (unpaired) electrons. The fourth-order valence-electron chi connectivity index (χ4n) is 1.41. The Labute approximate surface area is 84.3 Å². The van der Waals surface area contributed by atoms with Crippen LogP contribution in [0, 0.1) is 0 Å². The van der Waals surface area contributed by atoms with Gasteiger partial charge < -0.3 is 11.1 Å². The van der Waals surface area contributed by atoms with E-state index in [1.807, 2.05) is 0 Å². The molecule has 0 fully saturated rings. The number of fused-ring (bicyclic) bond motifs is 1. The average Bonchev–Trinajstić information content (AvgIpc) is 2.17. The average molecular weight is 192 g/mol. The Bertz CT molecular complexity index is 281. The van der Waals surface area contributed by atoms with Crippen LogP contribution in [0.15, 0.2) is 24.3 Å². The van der Waals surface area contributed by atoms with Crippen molar-refractivity contribution in [1.29, 1.82) is 0 Å². The van der Waals surface area contributed by atoms with Gasteiger partial charge in [0.2, 0.25) is 5.91 Å². The Balaban J connectivity index is 0.000000213. The van der Waals surface area contributed by atoms with Gasteiger partial charge >= 0.3 is 0 Å². The summed E-state index contributed by atoms with van der Waals surface area (Å²) in [6.45, 7) is 2.44. The normalized spacial score (nSPS) is 12.9. The van der Waals surface area contributed by atoms with Gasteiger partial charge in [-0.1, -0.05) is 18.2 Å². The van der Waals surface area contributed by atoms with Crippen LogP contribution >= 0.6 is 0 Å². The molecule has 0 bridgehead atoms. The first-order valence-electron chi connectivity index (χ1n) is 4.78. The van der Waals surface area contributed by atoms with Crippen LogP contribution in [-0.2, 0) is 11.2 Å². The maximum atomic E-state index is 9.22. The van der Waals surface area contributed by atoms with Crippen molar-refractivity contribution >= 4 is 11.6 Å². The van der Waals surface area contributed by atoms with Crippen molar-refractivity contribution in [3.63, 3.8) is 0 Å². The number of hydrogen-bond donors (Lipinski definition) is 2. The quantitative estimate of drug-likeness (QED) is 0.655. The fourth-order valence-corrected chi connectivity index (χ4v) is 1.41. The molecular formula is C11H16N2O. The van der Waals surface area contributed by atoms with Gasteiger partial charge in [-0.15, -0.1) is 0 Å². The first kappa shape index (κ1) is 10.6. The highest BCUT2D eigenvalue weighted by molar-refractivity contribution is 5.70. The zero-order valence-corrected chi connectivity index (χ0v) is 8.42. The molecule has 14 heavy (non-hydrogen) atoms. The second-order valence-corrected chi connectivity index (χ2v) is 3.30. The van der Waals surface area contributed by atoms with Gasteiger partial charge in [0.1, 0.15) is 0 Å². The fraction of sp³-hybridized carbons (Fsp3) is 0.364. The summed E-state index contributed by atoms with van der Waals surface area (Å²) in [5, 5.41) is 3.36. The number of carbonyl (C=O) groups is 1. The first-order chi connectivity index (χ1) is 6.70. The maximum absolute atomic E-state index is 9.22. The van der Waals surface area contributed by atoms with Crippen LogP contribution in [0.3, 0.4) is 0 Å². The molecule has 1 aliphatic rings. The van der Waals surface area contributed by atoms with E-state index < -0.39 is 0 Å². The van der Waals surface area contributed by atoms with Crippen LogP contribution in [0.25, 0.3) is 0 Å². The monoisotopic (exact) mass is 192 g/mol. The summed E-state index contributed by atoms with van der Waals surface area (Å²) in [4.78, 5) is 9.22. The SMILES string of the molecule is CC(N)=O.c1ccc2c(c1)CCCN2. The molecule has 1 heterocycles. The van der Waals surface area contributed by atoms with Crippen LogP contribution in [0.5, 0.6) is 0 Å². The number of aryl methyl sites for hydroxylation is 1. The molecule has 1 aliphatic heterocycles. The van der Waals surface area contributed by atoms with Crippen LogP contribution in [0.4, 0.5) is 5.69 Å². The lowest BCUT2D eigenvalue weighted by molar-refractivity contribution is -0.115. The molecule has 0 saturated carbocycles. The topological polar surface area (TPSA) is 55.1 Å². The molecule has 0 aromatic heterocycles. The second-order valence-electron chi connectivity index (χ2n) is 3.30. The number of nitrogens with two attached hydrogens (primary N) is 1. The third kappa shape index (κ3) is 3.47.